The second-order valence-electron chi connectivity index (χ2n) is 11.7. The summed E-state index contributed by atoms with van der Waals surface area (Å²) in [6, 6.07) is 20.4. The van der Waals surface area contributed by atoms with Crippen LogP contribution in [-0.2, 0) is 17.8 Å². The number of rotatable bonds is 8. The van der Waals surface area contributed by atoms with Crippen molar-refractivity contribution in [2.75, 3.05) is 6.54 Å². The van der Waals surface area contributed by atoms with Gasteiger partial charge >= 0.3 is 0 Å². The molecule has 1 saturated carbocycles. The lowest BCUT2D eigenvalue weighted by Gasteiger charge is -2.28. The molecule has 1 aliphatic carbocycles. The van der Waals surface area contributed by atoms with E-state index in [1.54, 1.807) is 0 Å². The molecule has 2 amide bonds. The predicted octanol–water partition coefficient (Wildman–Crippen LogP) is 7.33. The quantitative estimate of drug-likeness (QED) is 0.211. The van der Waals surface area contributed by atoms with Gasteiger partial charge in [0, 0.05) is 30.6 Å². The number of carbonyl (C=O) groups is 2. The summed E-state index contributed by atoms with van der Waals surface area (Å²) in [6.45, 7) is 1.50. The monoisotopic (exact) mass is 612 g/mol. The fourth-order valence-corrected chi connectivity index (χ4v) is 6.54. The molecular formula is C36H34ClFN2O4. The molecule has 1 N–H and O–H groups in total. The molecule has 2 heterocycles. The Labute approximate surface area is 260 Å². The Morgan fingerprint density at radius 1 is 1.02 bits per heavy atom. The van der Waals surface area contributed by atoms with Crippen molar-refractivity contribution < 1.29 is 18.4 Å². The van der Waals surface area contributed by atoms with Crippen molar-refractivity contribution in [3.05, 3.63) is 128 Å². The first kappa shape index (κ1) is 29.8. The van der Waals surface area contributed by atoms with Gasteiger partial charge in [-0.15, -0.1) is 0 Å². The molecule has 3 aromatic carbocycles. The third-order valence-corrected chi connectivity index (χ3v) is 8.94. The van der Waals surface area contributed by atoms with Crippen LogP contribution in [0.1, 0.15) is 71.7 Å². The van der Waals surface area contributed by atoms with Crippen LogP contribution in [0.5, 0.6) is 0 Å². The van der Waals surface area contributed by atoms with E-state index < -0.39 is 17.2 Å². The van der Waals surface area contributed by atoms with Crippen molar-refractivity contribution in [2.45, 2.75) is 63.5 Å². The maximum absolute atomic E-state index is 13.7. The van der Waals surface area contributed by atoms with Crippen LogP contribution >= 0.6 is 11.6 Å². The third kappa shape index (κ3) is 6.94. The Morgan fingerprint density at radius 3 is 2.55 bits per heavy atom. The molecule has 1 saturated heterocycles. The van der Waals surface area contributed by atoms with E-state index in [0.717, 1.165) is 56.3 Å². The summed E-state index contributed by atoms with van der Waals surface area (Å²) >= 11 is 6.10. The summed E-state index contributed by atoms with van der Waals surface area (Å²) in [5.41, 5.74) is 4.51. The molecule has 0 unspecified atom stereocenters. The topological polar surface area (TPSA) is 79.6 Å². The number of fused-ring (bicyclic) bond motifs is 1. The van der Waals surface area contributed by atoms with E-state index in [0.29, 0.717) is 30.3 Å². The average molecular weight is 613 g/mol. The van der Waals surface area contributed by atoms with Gasteiger partial charge in [-0.1, -0.05) is 59.6 Å². The zero-order valence-corrected chi connectivity index (χ0v) is 25.1. The first-order valence-electron chi connectivity index (χ1n) is 15.2. The highest BCUT2D eigenvalue weighted by molar-refractivity contribution is 6.30. The smallest absolute Gasteiger partial charge is 0.287 e. The van der Waals surface area contributed by atoms with Crippen LogP contribution in [0.3, 0.4) is 0 Å². The van der Waals surface area contributed by atoms with Crippen LogP contribution in [0.25, 0.3) is 11.0 Å². The maximum Gasteiger partial charge on any atom is 0.287 e. The van der Waals surface area contributed by atoms with Crippen molar-refractivity contribution in [3.63, 3.8) is 0 Å². The maximum atomic E-state index is 13.7. The fourth-order valence-electron chi connectivity index (χ4n) is 6.41. The molecule has 0 radical (unpaired) electrons. The average Bonchev–Trinajstić information content (AvgIpc) is 3.43. The number of nitrogens with one attached hydrogen (secondary N) is 1. The molecule has 8 heteroatoms. The van der Waals surface area contributed by atoms with Crippen LogP contribution in [0.15, 0.2) is 93.7 Å². The standard InChI is InChI=1S/C36H34ClFN2O4/c37-27-13-9-24(10-14-27)19-29(39-36(43)34-21-32(41)31-20-28(38)15-16-33(31)44-34)18-23-7-11-25(12-8-23)30-5-2-1-4-26(30)22-40-17-3-6-35(40)42/h1-2,4-5,9-10,13-16,18,20-21,25,29H,3,6-8,11-12,17,19,22H2,(H,39,43)/t25?,29-/m0/s1. The molecule has 1 atom stereocenters. The summed E-state index contributed by atoms with van der Waals surface area (Å²) < 4.78 is 19.4. The van der Waals surface area contributed by atoms with Crippen molar-refractivity contribution in [2.24, 2.45) is 0 Å². The predicted molar refractivity (Wildman–Crippen MR) is 169 cm³/mol. The molecule has 6 nitrogen and oxygen atoms in total. The zero-order chi connectivity index (χ0) is 30.6. The normalized spacial score (nSPS) is 17.6. The van der Waals surface area contributed by atoms with Crippen molar-refractivity contribution in [3.8, 4) is 0 Å². The van der Waals surface area contributed by atoms with E-state index in [-0.39, 0.29) is 28.7 Å². The van der Waals surface area contributed by atoms with E-state index in [1.807, 2.05) is 35.2 Å². The van der Waals surface area contributed by atoms with Gasteiger partial charge in [-0.2, -0.15) is 0 Å². The molecule has 6 rings (SSSR count). The van der Waals surface area contributed by atoms with Gasteiger partial charge in [-0.05, 0) is 91.5 Å². The summed E-state index contributed by atoms with van der Waals surface area (Å²) in [5, 5.41) is 3.77. The van der Waals surface area contributed by atoms with Crippen LogP contribution in [-0.4, -0.2) is 29.3 Å². The number of amides is 2. The number of likely N-dealkylation sites (tertiary alicyclic amines) is 1. The van der Waals surface area contributed by atoms with E-state index in [9.17, 15) is 18.8 Å². The molecule has 0 spiro atoms. The highest BCUT2D eigenvalue weighted by Crippen LogP contribution is 2.37. The third-order valence-electron chi connectivity index (χ3n) is 8.69. The van der Waals surface area contributed by atoms with E-state index >= 15 is 0 Å². The van der Waals surface area contributed by atoms with Gasteiger partial charge in [0.1, 0.15) is 11.4 Å². The van der Waals surface area contributed by atoms with Crippen LogP contribution in [0.2, 0.25) is 5.02 Å². The number of halogens is 2. The minimum absolute atomic E-state index is 0.0896. The minimum Gasteiger partial charge on any atom is -0.451 e. The van der Waals surface area contributed by atoms with Crippen LogP contribution < -0.4 is 10.7 Å². The van der Waals surface area contributed by atoms with Crippen LogP contribution in [0, 0.1) is 5.82 Å². The molecule has 226 valence electrons. The summed E-state index contributed by atoms with van der Waals surface area (Å²) in [4.78, 5) is 40.2. The molecule has 2 fully saturated rings. The molecular weight excluding hydrogens is 579 g/mol. The summed E-state index contributed by atoms with van der Waals surface area (Å²) in [5.74, 6) is -0.536. The van der Waals surface area contributed by atoms with Crippen molar-refractivity contribution in [1.82, 2.24) is 10.2 Å². The Hall–Kier alpha value is -4.23. The minimum atomic E-state index is -0.545. The number of carbonyl (C=O) groups excluding carboxylic acids is 2. The van der Waals surface area contributed by atoms with Gasteiger partial charge in [0.05, 0.1) is 11.4 Å². The fraction of sp³-hybridized carbons (Fsp3) is 0.306. The highest BCUT2D eigenvalue weighted by Gasteiger charge is 2.25. The first-order chi connectivity index (χ1) is 21.3. The van der Waals surface area contributed by atoms with Gasteiger partial charge < -0.3 is 14.6 Å². The van der Waals surface area contributed by atoms with Gasteiger partial charge in [0.15, 0.2) is 11.2 Å². The Morgan fingerprint density at radius 2 is 1.80 bits per heavy atom. The van der Waals surface area contributed by atoms with E-state index in [1.165, 1.54) is 28.8 Å². The lowest BCUT2D eigenvalue weighted by molar-refractivity contribution is -0.128. The lowest BCUT2D eigenvalue weighted by Crippen LogP contribution is -2.36. The SMILES string of the molecule is O=C(N[C@@H](C=C1CCC(c2ccccc2CN2CCCC2=O)CC1)Cc1ccc(Cl)cc1)c1cc(=O)c2cc(F)ccc2o1. The summed E-state index contributed by atoms with van der Waals surface area (Å²) in [7, 11) is 0. The van der Waals surface area contributed by atoms with Gasteiger partial charge in [-0.25, -0.2) is 4.39 Å². The Kier molecular flexibility index (Phi) is 8.94. The lowest BCUT2D eigenvalue weighted by atomic mass is 9.79. The number of allylic oxidation sites excluding steroid dienone is 1. The van der Waals surface area contributed by atoms with Gasteiger partial charge in [-0.3, -0.25) is 14.4 Å². The van der Waals surface area contributed by atoms with Gasteiger partial charge in [0.2, 0.25) is 5.91 Å². The van der Waals surface area contributed by atoms with Crippen LogP contribution in [0.4, 0.5) is 4.39 Å². The molecule has 4 aromatic rings. The number of hydrogen-bond donors (Lipinski definition) is 1. The molecule has 2 aliphatic rings. The first-order valence-corrected chi connectivity index (χ1v) is 15.5. The largest absolute Gasteiger partial charge is 0.451 e. The van der Waals surface area contributed by atoms with Crippen molar-refractivity contribution >= 4 is 34.4 Å². The molecule has 1 aliphatic heterocycles. The Balaban J connectivity index is 1.19. The second kappa shape index (κ2) is 13.2. The number of nitrogens with zero attached hydrogens (tertiary/aromatic N) is 1. The highest BCUT2D eigenvalue weighted by atomic mass is 35.5. The zero-order valence-electron chi connectivity index (χ0n) is 24.4. The molecule has 1 aromatic heterocycles. The van der Waals surface area contributed by atoms with E-state index in [2.05, 4.69) is 29.6 Å². The molecule has 0 bridgehead atoms. The van der Waals surface area contributed by atoms with Crippen molar-refractivity contribution in [1.29, 1.82) is 0 Å². The van der Waals surface area contributed by atoms with E-state index in [4.69, 9.17) is 16.0 Å². The van der Waals surface area contributed by atoms with Gasteiger partial charge in [0.25, 0.3) is 5.91 Å². The number of benzene rings is 3. The Bertz CT molecular complexity index is 1770. The summed E-state index contributed by atoms with van der Waals surface area (Å²) in [6.07, 6.45) is 7.98. The second-order valence-corrected chi connectivity index (χ2v) is 12.2. The molecule has 44 heavy (non-hydrogen) atoms. The number of hydrogen-bond acceptors (Lipinski definition) is 4.